The van der Waals surface area contributed by atoms with Crippen LogP contribution in [0.15, 0.2) is 48.5 Å². The van der Waals surface area contributed by atoms with E-state index in [1.807, 2.05) is 31.2 Å². The smallest absolute Gasteiger partial charge is 0.276 e. The van der Waals surface area contributed by atoms with Crippen LogP contribution in [0, 0.1) is 6.92 Å². The lowest BCUT2D eigenvalue weighted by atomic mass is 10.1. The van der Waals surface area contributed by atoms with Crippen LogP contribution in [0.25, 0.3) is 11.4 Å². The van der Waals surface area contributed by atoms with Crippen molar-refractivity contribution < 1.29 is 9.53 Å². The second-order valence-electron chi connectivity index (χ2n) is 8.61. The number of anilines is 2. The molecule has 6 heteroatoms. The van der Waals surface area contributed by atoms with Crippen molar-refractivity contribution in [3.8, 4) is 11.4 Å². The number of nitrogens with zero attached hydrogens (tertiary/aromatic N) is 3. The fraction of sp³-hybridized carbons (Fsp3) is 0.385. The number of hydrogen-bond donors (Lipinski definition) is 1. The molecule has 166 valence electrons. The van der Waals surface area contributed by atoms with E-state index < -0.39 is 0 Å². The van der Waals surface area contributed by atoms with Crippen LogP contribution in [0.3, 0.4) is 0 Å². The molecule has 0 unspecified atom stereocenters. The predicted octanol–water partition coefficient (Wildman–Crippen LogP) is 4.67. The highest BCUT2D eigenvalue weighted by atomic mass is 16.5. The van der Waals surface area contributed by atoms with Crippen molar-refractivity contribution in [1.82, 2.24) is 9.55 Å². The highest BCUT2D eigenvalue weighted by molar-refractivity contribution is 6.04. The van der Waals surface area contributed by atoms with E-state index in [0.29, 0.717) is 5.69 Å². The van der Waals surface area contributed by atoms with Gasteiger partial charge >= 0.3 is 0 Å². The van der Waals surface area contributed by atoms with Gasteiger partial charge in [-0.05, 0) is 49.9 Å². The van der Waals surface area contributed by atoms with Gasteiger partial charge in [0.1, 0.15) is 11.5 Å². The molecule has 1 amide bonds. The number of aryl methyl sites for hydroxylation is 1. The van der Waals surface area contributed by atoms with Crippen LogP contribution in [-0.4, -0.2) is 41.8 Å². The Hall–Kier alpha value is -3.12. The molecule has 2 aromatic carbocycles. The number of ether oxygens (including phenoxy) is 1. The first-order valence-corrected chi connectivity index (χ1v) is 11.6. The molecule has 3 aromatic rings. The maximum Gasteiger partial charge on any atom is 0.276 e. The number of nitrogens with one attached hydrogen (secondary N) is 1. The standard InChI is InChI=1S/C26H30N4O2/c1-19-18-21(29-14-16-32-17-15-29)11-12-22(19)27-26(31)24-23-10-6-3-7-13-30(23)25(28-24)20-8-4-2-5-9-20/h2,4-5,8-9,11-12,18H,3,6-7,10,13-17H2,1H3,(H,27,31). The molecule has 0 aliphatic carbocycles. The quantitative estimate of drug-likeness (QED) is 0.653. The predicted molar refractivity (Wildman–Crippen MR) is 127 cm³/mol. The van der Waals surface area contributed by atoms with Gasteiger partial charge in [0, 0.05) is 36.6 Å². The molecule has 1 saturated heterocycles. The average molecular weight is 431 g/mol. The summed E-state index contributed by atoms with van der Waals surface area (Å²) in [6.07, 6.45) is 4.27. The van der Waals surface area contributed by atoms with E-state index >= 15 is 0 Å². The lowest BCUT2D eigenvalue weighted by Gasteiger charge is -2.29. The Kier molecular flexibility index (Phi) is 5.95. The summed E-state index contributed by atoms with van der Waals surface area (Å²) in [5, 5.41) is 3.13. The SMILES string of the molecule is Cc1cc(N2CCOCC2)ccc1NC(=O)c1nc(-c2ccccc2)n2c1CCCCC2. The molecule has 2 aliphatic heterocycles. The average Bonchev–Trinajstić information content (AvgIpc) is 3.02. The van der Waals surface area contributed by atoms with Gasteiger partial charge < -0.3 is 19.5 Å². The summed E-state index contributed by atoms with van der Waals surface area (Å²) in [5.41, 5.74) is 5.73. The molecule has 0 bridgehead atoms. The molecule has 3 heterocycles. The van der Waals surface area contributed by atoms with Crippen LogP contribution in [0.5, 0.6) is 0 Å². The molecule has 5 rings (SSSR count). The van der Waals surface area contributed by atoms with Gasteiger partial charge in [-0.25, -0.2) is 4.98 Å². The fourth-order valence-electron chi connectivity index (χ4n) is 4.70. The van der Waals surface area contributed by atoms with Gasteiger partial charge in [0.15, 0.2) is 0 Å². The Morgan fingerprint density at radius 1 is 1.00 bits per heavy atom. The summed E-state index contributed by atoms with van der Waals surface area (Å²) in [5.74, 6) is 0.770. The van der Waals surface area contributed by atoms with Gasteiger partial charge in [0.2, 0.25) is 0 Å². The Balaban J connectivity index is 1.43. The Morgan fingerprint density at radius 2 is 1.81 bits per heavy atom. The lowest BCUT2D eigenvalue weighted by molar-refractivity contribution is 0.102. The number of benzene rings is 2. The van der Waals surface area contributed by atoms with Gasteiger partial charge in [0.25, 0.3) is 5.91 Å². The second kappa shape index (κ2) is 9.17. The van der Waals surface area contributed by atoms with Crippen molar-refractivity contribution in [3.05, 3.63) is 65.5 Å². The van der Waals surface area contributed by atoms with E-state index in [0.717, 1.165) is 80.4 Å². The molecule has 32 heavy (non-hydrogen) atoms. The molecule has 1 fully saturated rings. The number of carbonyl (C=O) groups is 1. The van der Waals surface area contributed by atoms with Crippen molar-refractivity contribution in [2.75, 3.05) is 36.5 Å². The number of carbonyl (C=O) groups excluding carboxylic acids is 1. The number of morpholine rings is 1. The van der Waals surface area contributed by atoms with Gasteiger partial charge in [-0.15, -0.1) is 0 Å². The van der Waals surface area contributed by atoms with Crippen molar-refractivity contribution in [2.24, 2.45) is 0 Å². The van der Waals surface area contributed by atoms with E-state index in [1.165, 1.54) is 12.1 Å². The van der Waals surface area contributed by atoms with Crippen molar-refractivity contribution >= 4 is 17.3 Å². The molecule has 0 saturated carbocycles. The monoisotopic (exact) mass is 430 g/mol. The molecule has 1 aromatic heterocycles. The number of hydrogen-bond acceptors (Lipinski definition) is 4. The zero-order chi connectivity index (χ0) is 21.9. The van der Waals surface area contributed by atoms with Crippen LogP contribution in [-0.2, 0) is 17.7 Å². The van der Waals surface area contributed by atoms with E-state index in [2.05, 4.69) is 39.0 Å². The minimum Gasteiger partial charge on any atom is -0.378 e. The first-order valence-electron chi connectivity index (χ1n) is 11.6. The number of aromatic nitrogens is 2. The van der Waals surface area contributed by atoms with E-state index in [4.69, 9.17) is 9.72 Å². The normalized spacial score (nSPS) is 16.3. The van der Waals surface area contributed by atoms with E-state index in [1.54, 1.807) is 0 Å². The number of imidazole rings is 1. The minimum atomic E-state index is -0.125. The minimum absolute atomic E-state index is 0.125. The zero-order valence-electron chi connectivity index (χ0n) is 18.6. The van der Waals surface area contributed by atoms with Crippen LogP contribution in [0.4, 0.5) is 11.4 Å². The third kappa shape index (κ3) is 4.15. The van der Waals surface area contributed by atoms with Crippen LogP contribution in [0.1, 0.15) is 41.0 Å². The first kappa shape index (κ1) is 20.8. The number of amides is 1. The van der Waals surface area contributed by atoms with Crippen LogP contribution in [0.2, 0.25) is 0 Å². The highest BCUT2D eigenvalue weighted by Gasteiger charge is 2.24. The molecular weight excluding hydrogens is 400 g/mol. The largest absolute Gasteiger partial charge is 0.378 e. The van der Waals surface area contributed by atoms with Crippen LogP contribution >= 0.6 is 0 Å². The van der Waals surface area contributed by atoms with Gasteiger partial charge in [-0.1, -0.05) is 36.8 Å². The summed E-state index contributed by atoms with van der Waals surface area (Å²) >= 11 is 0. The van der Waals surface area contributed by atoms with Gasteiger partial charge in [-0.2, -0.15) is 0 Å². The van der Waals surface area contributed by atoms with Crippen molar-refractivity contribution in [1.29, 1.82) is 0 Å². The molecular formula is C26H30N4O2. The summed E-state index contributed by atoms with van der Waals surface area (Å²) in [6.45, 7) is 6.26. The van der Waals surface area contributed by atoms with E-state index in [-0.39, 0.29) is 5.91 Å². The summed E-state index contributed by atoms with van der Waals surface area (Å²) in [4.78, 5) is 20.5. The molecule has 6 nitrogen and oxygen atoms in total. The first-order chi connectivity index (χ1) is 15.7. The Morgan fingerprint density at radius 3 is 2.59 bits per heavy atom. The molecule has 0 radical (unpaired) electrons. The fourth-order valence-corrected chi connectivity index (χ4v) is 4.70. The number of fused-ring (bicyclic) bond motifs is 1. The molecule has 0 spiro atoms. The Labute approximate surface area is 189 Å². The van der Waals surface area contributed by atoms with Gasteiger partial charge in [0.05, 0.1) is 18.9 Å². The lowest BCUT2D eigenvalue weighted by Crippen LogP contribution is -2.36. The maximum absolute atomic E-state index is 13.4. The summed E-state index contributed by atoms with van der Waals surface area (Å²) in [6, 6.07) is 16.4. The number of rotatable bonds is 4. The topological polar surface area (TPSA) is 59.4 Å². The second-order valence-corrected chi connectivity index (χ2v) is 8.61. The summed E-state index contributed by atoms with van der Waals surface area (Å²) < 4.78 is 7.71. The zero-order valence-corrected chi connectivity index (χ0v) is 18.6. The van der Waals surface area contributed by atoms with Crippen LogP contribution < -0.4 is 10.2 Å². The van der Waals surface area contributed by atoms with E-state index in [9.17, 15) is 4.79 Å². The molecule has 0 atom stereocenters. The van der Waals surface area contributed by atoms with Crippen molar-refractivity contribution in [2.45, 2.75) is 39.2 Å². The third-order valence-electron chi connectivity index (χ3n) is 6.45. The highest BCUT2D eigenvalue weighted by Crippen LogP contribution is 2.29. The molecule has 2 aliphatic rings. The molecule has 1 N–H and O–H groups in total. The third-order valence-corrected chi connectivity index (χ3v) is 6.45. The van der Waals surface area contributed by atoms with Crippen molar-refractivity contribution in [3.63, 3.8) is 0 Å². The van der Waals surface area contributed by atoms with Gasteiger partial charge in [-0.3, -0.25) is 4.79 Å². The summed E-state index contributed by atoms with van der Waals surface area (Å²) in [7, 11) is 0. The maximum atomic E-state index is 13.4. The Bertz CT molecular complexity index is 1100.